The number of nitrogens with one attached hydrogen (secondary N) is 1. The summed E-state index contributed by atoms with van der Waals surface area (Å²) in [5.41, 5.74) is 0. The topological polar surface area (TPSA) is 78.9 Å². The number of nitrogens with zero attached hydrogens (tertiary/aromatic N) is 1. The van der Waals surface area contributed by atoms with Gasteiger partial charge in [0.05, 0.1) is 0 Å². The first-order valence-corrected chi connectivity index (χ1v) is 6.94. The zero-order chi connectivity index (χ0) is 15.4. The Balaban J connectivity index is 1.77. The van der Waals surface area contributed by atoms with Gasteiger partial charge in [-0.05, 0) is 37.7 Å². The van der Waals surface area contributed by atoms with E-state index in [0.717, 1.165) is 0 Å². The number of carbonyl (C=O) groups is 2. The largest absolute Gasteiger partial charge is 0.484 e. The van der Waals surface area contributed by atoms with Crippen molar-refractivity contribution in [2.45, 2.75) is 18.5 Å². The van der Waals surface area contributed by atoms with Gasteiger partial charge in [0.25, 0.3) is 5.91 Å². The predicted molar refractivity (Wildman–Crippen MR) is 77.5 cm³/mol. The van der Waals surface area contributed by atoms with Gasteiger partial charge in [0.1, 0.15) is 11.8 Å². The maximum atomic E-state index is 11.8. The van der Waals surface area contributed by atoms with Gasteiger partial charge in [-0.2, -0.15) is 0 Å². The number of hydrogen-bond acceptors (Lipinski definition) is 4. The molecule has 1 aliphatic heterocycles. The highest BCUT2D eigenvalue weighted by molar-refractivity contribution is 6.30. The summed E-state index contributed by atoms with van der Waals surface area (Å²) in [6, 6.07) is 6.00. The molecule has 0 radical (unpaired) electrons. The fraction of sp³-hybridized carbons (Fsp3) is 0.429. The number of hydrogen-bond donors (Lipinski definition) is 2. The highest BCUT2D eigenvalue weighted by Gasteiger charge is 2.34. The van der Waals surface area contributed by atoms with Crippen molar-refractivity contribution in [3.05, 3.63) is 29.3 Å². The molecule has 21 heavy (non-hydrogen) atoms. The second-order valence-electron chi connectivity index (χ2n) is 5.04. The third-order valence-corrected chi connectivity index (χ3v) is 3.63. The van der Waals surface area contributed by atoms with Crippen LogP contribution in [0.5, 0.6) is 5.75 Å². The Kier molecular flexibility index (Phi) is 5.03. The fourth-order valence-corrected chi connectivity index (χ4v) is 2.47. The van der Waals surface area contributed by atoms with Crippen LogP contribution >= 0.6 is 11.6 Å². The Hall–Kier alpha value is -1.79. The van der Waals surface area contributed by atoms with Gasteiger partial charge in [-0.25, -0.2) is 0 Å². The summed E-state index contributed by atoms with van der Waals surface area (Å²) in [6.45, 7) is 0.406. The van der Waals surface area contributed by atoms with Crippen molar-refractivity contribution in [1.29, 1.82) is 0 Å². The van der Waals surface area contributed by atoms with Crippen molar-refractivity contribution < 1.29 is 19.4 Å². The quantitative estimate of drug-likeness (QED) is 0.848. The van der Waals surface area contributed by atoms with Crippen molar-refractivity contribution in [1.82, 2.24) is 10.2 Å². The van der Waals surface area contributed by atoms with Gasteiger partial charge in [-0.1, -0.05) is 11.6 Å². The molecule has 2 rings (SSSR count). The van der Waals surface area contributed by atoms with Gasteiger partial charge in [0, 0.05) is 17.6 Å². The molecule has 2 atom stereocenters. The van der Waals surface area contributed by atoms with E-state index >= 15 is 0 Å². The lowest BCUT2D eigenvalue weighted by Gasteiger charge is -2.13. The van der Waals surface area contributed by atoms with Crippen LogP contribution in [0.3, 0.4) is 0 Å². The molecule has 1 amide bonds. The monoisotopic (exact) mass is 312 g/mol. The van der Waals surface area contributed by atoms with E-state index in [1.54, 1.807) is 36.2 Å². The smallest absolute Gasteiger partial charge is 0.320 e. The number of carbonyl (C=O) groups excluding carboxylic acids is 1. The van der Waals surface area contributed by atoms with Gasteiger partial charge >= 0.3 is 5.97 Å². The van der Waals surface area contributed by atoms with Crippen LogP contribution in [-0.4, -0.2) is 54.2 Å². The molecule has 0 aromatic heterocycles. The lowest BCUT2D eigenvalue weighted by Crippen LogP contribution is -2.39. The van der Waals surface area contributed by atoms with Crippen LogP contribution in [-0.2, 0) is 9.59 Å². The number of benzene rings is 1. The molecule has 0 bridgehead atoms. The molecule has 1 aromatic carbocycles. The van der Waals surface area contributed by atoms with Crippen LogP contribution in [0.15, 0.2) is 24.3 Å². The van der Waals surface area contributed by atoms with E-state index in [-0.39, 0.29) is 18.6 Å². The molecular weight excluding hydrogens is 296 g/mol. The summed E-state index contributed by atoms with van der Waals surface area (Å²) in [5.74, 6) is -0.581. The second kappa shape index (κ2) is 6.78. The second-order valence-corrected chi connectivity index (χ2v) is 5.47. The number of carboxylic acids is 1. The van der Waals surface area contributed by atoms with E-state index in [9.17, 15) is 9.59 Å². The van der Waals surface area contributed by atoms with E-state index in [1.165, 1.54) is 0 Å². The summed E-state index contributed by atoms with van der Waals surface area (Å²) in [5, 5.41) is 12.4. The maximum absolute atomic E-state index is 11.8. The van der Waals surface area contributed by atoms with Crippen LogP contribution in [0.4, 0.5) is 0 Å². The highest BCUT2D eigenvalue weighted by atomic mass is 35.5. The molecule has 0 spiro atoms. The predicted octanol–water partition coefficient (Wildman–Crippen LogP) is 0.992. The van der Waals surface area contributed by atoms with Crippen molar-refractivity contribution in [3.8, 4) is 5.75 Å². The zero-order valence-corrected chi connectivity index (χ0v) is 12.3. The highest BCUT2D eigenvalue weighted by Crippen LogP contribution is 2.17. The molecule has 1 saturated heterocycles. The zero-order valence-electron chi connectivity index (χ0n) is 11.6. The molecule has 114 valence electrons. The SMILES string of the molecule is CN1C[C@@H](NC(=O)COc2ccc(Cl)cc2)C[C@H]1C(=O)O. The van der Waals surface area contributed by atoms with Crippen LogP contribution in [0.2, 0.25) is 5.02 Å². The Morgan fingerprint density at radius 3 is 2.67 bits per heavy atom. The van der Waals surface area contributed by atoms with Gasteiger partial charge < -0.3 is 15.2 Å². The van der Waals surface area contributed by atoms with Crippen LogP contribution in [0, 0.1) is 0 Å². The van der Waals surface area contributed by atoms with Crippen molar-refractivity contribution >= 4 is 23.5 Å². The van der Waals surface area contributed by atoms with E-state index in [0.29, 0.717) is 23.7 Å². The molecule has 0 saturated carbocycles. The summed E-state index contributed by atoms with van der Waals surface area (Å²) >= 11 is 5.75. The minimum atomic E-state index is -0.869. The van der Waals surface area contributed by atoms with Gasteiger partial charge in [0.2, 0.25) is 0 Å². The lowest BCUT2D eigenvalue weighted by molar-refractivity contribution is -0.141. The molecule has 1 aliphatic rings. The summed E-state index contributed by atoms with van der Waals surface area (Å²) in [6.07, 6.45) is 0.401. The van der Waals surface area contributed by atoms with E-state index < -0.39 is 12.0 Å². The molecule has 1 fully saturated rings. The Bertz CT molecular complexity index is 520. The van der Waals surface area contributed by atoms with Gasteiger partial charge in [0.15, 0.2) is 6.61 Å². The van der Waals surface area contributed by atoms with Crippen molar-refractivity contribution in [2.75, 3.05) is 20.2 Å². The minimum Gasteiger partial charge on any atom is -0.484 e. The number of carboxylic acid groups (broad SMARTS) is 1. The average molecular weight is 313 g/mol. The lowest BCUT2D eigenvalue weighted by atomic mass is 10.2. The summed E-state index contributed by atoms with van der Waals surface area (Å²) in [7, 11) is 1.73. The molecular formula is C14H17ClN2O4. The molecule has 0 unspecified atom stereocenters. The minimum absolute atomic E-state index is 0.112. The van der Waals surface area contributed by atoms with Crippen molar-refractivity contribution in [3.63, 3.8) is 0 Å². The number of amides is 1. The molecule has 7 heteroatoms. The Morgan fingerprint density at radius 1 is 1.43 bits per heavy atom. The standard InChI is InChI=1S/C14H17ClN2O4/c1-17-7-10(6-12(17)14(19)20)16-13(18)8-21-11-4-2-9(15)3-5-11/h2-5,10,12H,6-8H2,1H3,(H,16,18)(H,19,20)/t10-,12-/m0/s1. The van der Waals surface area contributed by atoms with E-state index in [1.807, 2.05) is 0 Å². The first-order valence-electron chi connectivity index (χ1n) is 6.56. The van der Waals surface area contributed by atoms with E-state index in [4.69, 9.17) is 21.4 Å². The normalized spacial score (nSPS) is 22.0. The number of halogens is 1. The summed E-state index contributed by atoms with van der Waals surface area (Å²) < 4.78 is 5.33. The number of ether oxygens (including phenoxy) is 1. The molecule has 1 aromatic rings. The molecule has 0 aliphatic carbocycles. The number of aliphatic carboxylic acids is 1. The third kappa shape index (κ3) is 4.34. The molecule has 2 N–H and O–H groups in total. The number of rotatable bonds is 5. The third-order valence-electron chi connectivity index (χ3n) is 3.38. The number of likely N-dealkylation sites (N-methyl/N-ethyl adjacent to an activating group) is 1. The first kappa shape index (κ1) is 15.6. The maximum Gasteiger partial charge on any atom is 0.320 e. The number of likely N-dealkylation sites (tertiary alicyclic amines) is 1. The van der Waals surface area contributed by atoms with Gasteiger partial charge in [-0.15, -0.1) is 0 Å². The van der Waals surface area contributed by atoms with Crippen molar-refractivity contribution in [2.24, 2.45) is 0 Å². The average Bonchev–Trinajstić information content (AvgIpc) is 2.79. The van der Waals surface area contributed by atoms with Crippen LogP contribution in [0.1, 0.15) is 6.42 Å². The Morgan fingerprint density at radius 2 is 2.10 bits per heavy atom. The fourth-order valence-electron chi connectivity index (χ4n) is 2.34. The first-order chi connectivity index (χ1) is 9.95. The van der Waals surface area contributed by atoms with Gasteiger partial charge in [-0.3, -0.25) is 14.5 Å². The molecule has 1 heterocycles. The Labute approximate surface area is 127 Å². The van der Waals surface area contributed by atoms with E-state index in [2.05, 4.69) is 5.32 Å². The molecule has 6 nitrogen and oxygen atoms in total. The van der Waals surface area contributed by atoms with Crippen LogP contribution in [0.25, 0.3) is 0 Å². The van der Waals surface area contributed by atoms with Crippen LogP contribution < -0.4 is 10.1 Å². The summed E-state index contributed by atoms with van der Waals surface area (Å²) in [4.78, 5) is 24.5.